The largest absolute Gasteiger partial charge is 0.487 e. The lowest BCUT2D eigenvalue weighted by Crippen LogP contribution is -2.07. The van der Waals surface area contributed by atoms with Gasteiger partial charge in [-0.2, -0.15) is 0 Å². The van der Waals surface area contributed by atoms with Crippen molar-refractivity contribution in [2.45, 2.75) is 33.5 Å². The van der Waals surface area contributed by atoms with E-state index in [0.29, 0.717) is 17.4 Å². The number of aryl methyl sites for hydroxylation is 1. The first-order chi connectivity index (χ1) is 9.04. The topological polar surface area (TPSA) is 44.5 Å². The van der Waals surface area contributed by atoms with Crippen LogP contribution in [0.2, 0.25) is 0 Å². The molecule has 0 saturated carbocycles. The first-order valence-corrected chi connectivity index (χ1v) is 6.05. The van der Waals surface area contributed by atoms with Gasteiger partial charge in [-0.1, -0.05) is 0 Å². The second-order valence-corrected chi connectivity index (χ2v) is 4.41. The molecule has 0 fully saturated rings. The van der Waals surface area contributed by atoms with Gasteiger partial charge >= 0.3 is 0 Å². The summed E-state index contributed by atoms with van der Waals surface area (Å²) in [4.78, 5) is 4.03. The molecule has 102 valence electrons. The van der Waals surface area contributed by atoms with Gasteiger partial charge in [-0.25, -0.2) is 9.37 Å². The van der Waals surface area contributed by atoms with Gasteiger partial charge in [0, 0.05) is 6.07 Å². The first kappa shape index (κ1) is 13.4. The van der Waals surface area contributed by atoms with Crippen LogP contribution < -0.4 is 9.47 Å². The molecule has 4 nitrogen and oxygen atoms in total. The van der Waals surface area contributed by atoms with E-state index in [-0.39, 0.29) is 18.5 Å². The summed E-state index contributed by atoms with van der Waals surface area (Å²) in [5.74, 6) is 1.66. The monoisotopic (exact) mass is 265 g/mol. The molecule has 0 radical (unpaired) electrons. The van der Waals surface area contributed by atoms with Crippen LogP contribution >= 0.6 is 0 Å². The molecule has 0 amide bonds. The Labute approximate surface area is 111 Å². The maximum Gasteiger partial charge on any atom is 0.232 e. The molecule has 0 N–H and O–H groups in total. The van der Waals surface area contributed by atoms with Crippen molar-refractivity contribution in [2.75, 3.05) is 0 Å². The number of oxazole rings is 1. The van der Waals surface area contributed by atoms with Gasteiger partial charge in [-0.3, -0.25) is 0 Å². The summed E-state index contributed by atoms with van der Waals surface area (Å²) in [5, 5.41) is 0. The van der Waals surface area contributed by atoms with Crippen molar-refractivity contribution in [1.82, 2.24) is 4.98 Å². The standard InChI is InChI=1S/C14H16FNO3/c1-9(2)18-13-6-11(15)4-5-12(13)17-8-14-16-7-10(3)19-14/h4-7,9H,8H2,1-3H3. The number of rotatable bonds is 5. The second-order valence-electron chi connectivity index (χ2n) is 4.41. The SMILES string of the molecule is Cc1cnc(COc2ccc(F)cc2OC(C)C)o1. The van der Waals surface area contributed by atoms with E-state index in [1.165, 1.54) is 18.2 Å². The van der Waals surface area contributed by atoms with Crippen molar-refractivity contribution in [3.05, 3.63) is 41.9 Å². The molecular formula is C14H16FNO3. The molecular weight excluding hydrogens is 249 g/mol. The molecule has 5 heteroatoms. The Hall–Kier alpha value is -2.04. The molecule has 2 rings (SSSR count). The average molecular weight is 265 g/mol. The van der Waals surface area contributed by atoms with Gasteiger partial charge in [0.25, 0.3) is 0 Å². The van der Waals surface area contributed by atoms with Crippen LogP contribution in [0.5, 0.6) is 11.5 Å². The van der Waals surface area contributed by atoms with Crippen LogP contribution in [0.4, 0.5) is 4.39 Å². The number of benzene rings is 1. The molecule has 0 saturated heterocycles. The molecule has 0 spiro atoms. The van der Waals surface area contributed by atoms with E-state index in [0.717, 1.165) is 5.76 Å². The molecule has 0 bridgehead atoms. The smallest absolute Gasteiger partial charge is 0.232 e. The highest BCUT2D eigenvalue weighted by atomic mass is 19.1. The summed E-state index contributed by atoms with van der Waals surface area (Å²) in [6.07, 6.45) is 1.56. The highest BCUT2D eigenvalue weighted by molar-refractivity contribution is 5.40. The van der Waals surface area contributed by atoms with E-state index < -0.39 is 0 Å². The lowest BCUT2D eigenvalue weighted by Gasteiger charge is -2.14. The zero-order chi connectivity index (χ0) is 13.8. The van der Waals surface area contributed by atoms with Crippen LogP contribution in [0.1, 0.15) is 25.5 Å². The number of nitrogens with zero attached hydrogens (tertiary/aromatic N) is 1. The third-order valence-corrected chi connectivity index (χ3v) is 2.29. The van der Waals surface area contributed by atoms with Crippen LogP contribution in [0.15, 0.2) is 28.8 Å². The van der Waals surface area contributed by atoms with Gasteiger partial charge in [0.1, 0.15) is 11.6 Å². The summed E-state index contributed by atoms with van der Waals surface area (Å²) >= 11 is 0. The summed E-state index contributed by atoms with van der Waals surface area (Å²) in [6.45, 7) is 5.72. The van der Waals surface area contributed by atoms with Crippen molar-refractivity contribution < 1.29 is 18.3 Å². The molecule has 1 aromatic heterocycles. The van der Waals surface area contributed by atoms with Crippen molar-refractivity contribution >= 4 is 0 Å². The van der Waals surface area contributed by atoms with Gasteiger partial charge in [0.2, 0.25) is 5.89 Å². The van der Waals surface area contributed by atoms with Gasteiger partial charge in [0.05, 0.1) is 12.3 Å². The molecule has 0 aliphatic heterocycles. The normalized spacial score (nSPS) is 10.8. The van der Waals surface area contributed by atoms with Crippen LogP contribution in [-0.4, -0.2) is 11.1 Å². The molecule has 0 atom stereocenters. The quantitative estimate of drug-likeness (QED) is 0.830. The Kier molecular flexibility index (Phi) is 4.04. The summed E-state index contributed by atoms with van der Waals surface area (Å²) in [7, 11) is 0. The Bertz CT molecular complexity index is 551. The Morgan fingerprint density at radius 2 is 2.11 bits per heavy atom. The van der Waals surface area contributed by atoms with Crippen LogP contribution in [0.25, 0.3) is 0 Å². The highest BCUT2D eigenvalue weighted by Crippen LogP contribution is 2.29. The third kappa shape index (κ3) is 3.71. The molecule has 0 unspecified atom stereocenters. The minimum Gasteiger partial charge on any atom is -0.487 e. The Morgan fingerprint density at radius 3 is 2.74 bits per heavy atom. The zero-order valence-electron chi connectivity index (χ0n) is 11.1. The molecule has 0 aliphatic carbocycles. The van der Waals surface area contributed by atoms with Crippen molar-refractivity contribution in [1.29, 1.82) is 0 Å². The van der Waals surface area contributed by atoms with Crippen LogP contribution in [0.3, 0.4) is 0 Å². The van der Waals surface area contributed by atoms with Gasteiger partial charge in [-0.15, -0.1) is 0 Å². The zero-order valence-corrected chi connectivity index (χ0v) is 11.1. The van der Waals surface area contributed by atoms with Gasteiger partial charge < -0.3 is 13.9 Å². The van der Waals surface area contributed by atoms with E-state index in [1.807, 2.05) is 20.8 Å². The van der Waals surface area contributed by atoms with E-state index in [4.69, 9.17) is 13.9 Å². The fourth-order valence-corrected chi connectivity index (χ4v) is 1.55. The third-order valence-electron chi connectivity index (χ3n) is 2.29. The van der Waals surface area contributed by atoms with Crippen molar-refractivity contribution in [3.63, 3.8) is 0 Å². The van der Waals surface area contributed by atoms with E-state index in [2.05, 4.69) is 4.98 Å². The number of halogens is 1. The molecule has 0 aliphatic rings. The maximum absolute atomic E-state index is 13.2. The predicted octanol–water partition coefficient (Wildman–Crippen LogP) is 3.49. The van der Waals surface area contributed by atoms with E-state index in [1.54, 1.807) is 6.20 Å². The summed E-state index contributed by atoms with van der Waals surface area (Å²) < 4.78 is 29.5. The van der Waals surface area contributed by atoms with Crippen molar-refractivity contribution in [2.24, 2.45) is 0 Å². The number of aromatic nitrogens is 1. The number of hydrogen-bond acceptors (Lipinski definition) is 4. The highest BCUT2D eigenvalue weighted by Gasteiger charge is 2.10. The van der Waals surface area contributed by atoms with Gasteiger partial charge in [0.15, 0.2) is 18.1 Å². The minimum atomic E-state index is -0.366. The molecule has 2 aromatic rings. The predicted molar refractivity (Wildman–Crippen MR) is 67.7 cm³/mol. The summed E-state index contributed by atoms with van der Waals surface area (Å²) in [6, 6.07) is 4.16. The van der Waals surface area contributed by atoms with Crippen molar-refractivity contribution in [3.8, 4) is 11.5 Å². The minimum absolute atomic E-state index is 0.0619. The Morgan fingerprint density at radius 1 is 1.32 bits per heavy atom. The van der Waals surface area contributed by atoms with E-state index in [9.17, 15) is 4.39 Å². The second kappa shape index (κ2) is 5.73. The number of ether oxygens (including phenoxy) is 2. The fourth-order valence-electron chi connectivity index (χ4n) is 1.55. The lowest BCUT2D eigenvalue weighted by atomic mass is 10.3. The Balaban J connectivity index is 2.10. The van der Waals surface area contributed by atoms with E-state index >= 15 is 0 Å². The fraction of sp³-hybridized carbons (Fsp3) is 0.357. The van der Waals surface area contributed by atoms with Crippen LogP contribution in [-0.2, 0) is 6.61 Å². The van der Waals surface area contributed by atoms with Crippen LogP contribution in [0, 0.1) is 12.7 Å². The maximum atomic E-state index is 13.2. The number of hydrogen-bond donors (Lipinski definition) is 0. The summed E-state index contributed by atoms with van der Waals surface area (Å²) in [5.41, 5.74) is 0. The van der Waals surface area contributed by atoms with Gasteiger partial charge in [-0.05, 0) is 32.9 Å². The first-order valence-electron chi connectivity index (χ1n) is 6.05. The molecule has 1 heterocycles. The molecule has 19 heavy (non-hydrogen) atoms. The lowest BCUT2D eigenvalue weighted by molar-refractivity contribution is 0.208. The average Bonchev–Trinajstić information content (AvgIpc) is 2.73. The molecule has 1 aromatic carbocycles.